The van der Waals surface area contributed by atoms with Crippen LogP contribution in [0.3, 0.4) is 0 Å². The molecule has 0 spiro atoms. The molecule has 1 amide bonds. The zero-order chi connectivity index (χ0) is 16.8. The largest absolute Gasteiger partial charge is 0.481 e. The molecule has 2 aromatic rings. The molecule has 2 rings (SSSR count). The number of nitriles is 2. The van der Waals surface area contributed by atoms with Gasteiger partial charge in [-0.25, -0.2) is 0 Å². The number of benzene rings is 2. The van der Waals surface area contributed by atoms with Gasteiger partial charge in [0.25, 0.3) is 5.91 Å². The van der Waals surface area contributed by atoms with Crippen molar-refractivity contribution in [3.63, 3.8) is 0 Å². The van der Waals surface area contributed by atoms with E-state index >= 15 is 0 Å². The molecule has 1 N–H and O–H groups in total. The molecule has 0 saturated carbocycles. The van der Waals surface area contributed by atoms with Gasteiger partial charge in [0.05, 0.1) is 22.2 Å². The summed E-state index contributed by atoms with van der Waals surface area (Å²) in [6.45, 7) is 1.60. The van der Waals surface area contributed by atoms with E-state index in [1.165, 1.54) is 12.1 Å². The lowest BCUT2D eigenvalue weighted by atomic mass is 10.2. The van der Waals surface area contributed by atoms with E-state index < -0.39 is 6.10 Å². The van der Waals surface area contributed by atoms with E-state index in [9.17, 15) is 4.79 Å². The minimum absolute atomic E-state index is 0.264. The highest BCUT2D eigenvalue weighted by molar-refractivity contribution is 6.32. The van der Waals surface area contributed by atoms with Crippen molar-refractivity contribution in [1.82, 2.24) is 0 Å². The number of halogens is 1. The summed E-state index contributed by atoms with van der Waals surface area (Å²) in [5.41, 5.74) is 1.26. The van der Waals surface area contributed by atoms with Crippen molar-refractivity contribution in [2.75, 3.05) is 5.32 Å². The zero-order valence-corrected chi connectivity index (χ0v) is 13.0. The second-order valence-corrected chi connectivity index (χ2v) is 5.10. The molecule has 2 aromatic carbocycles. The Morgan fingerprint density at radius 1 is 1.22 bits per heavy atom. The lowest BCUT2D eigenvalue weighted by Gasteiger charge is -2.15. The Morgan fingerprint density at radius 2 is 2.00 bits per heavy atom. The van der Waals surface area contributed by atoms with E-state index in [-0.39, 0.29) is 10.9 Å². The average molecular weight is 326 g/mol. The highest BCUT2D eigenvalue weighted by atomic mass is 35.5. The molecular weight excluding hydrogens is 314 g/mol. The molecule has 0 bridgehead atoms. The van der Waals surface area contributed by atoms with Gasteiger partial charge >= 0.3 is 0 Å². The smallest absolute Gasteiger partial charge is 0.265 e. The third kappa shape index (κ3) is 4.23. The summed E-state index contributed by atoms with van der Waals surface area (Å²) in [7, 11) is 0. The van der Waals surface area contributed by atoms with Crippen LogP contribution in [0.5, 0.6) is 5.75 Å². The molecule has 0 aliphatic carbocycles. The van der Waals surface area contributed by atoms with Gasteiger partial charge in [-0.1, -0.05) is 17.7 Å². The van der Waals surface area contributed by atoms with Crippen LogP contribution in [0.4, 0.5) is 5.69 Å². The lowest BCUT2D eigenvalue weighted by molar-refractivity contribution is -0.122. The second-order valence-electron chi connectivity index (χ2n) is 4.70. The van der Waals surface area contributed by atoms with Gasteiger partial charge < -0.3 is 10.1 Å². The second kappa shape index (κ2) is 7.31. The van der Waals surface area contributed by atoms with Crippen LogP contribution in [0.1, 0.15) is 18.1 Å². The number of ether oxygens (including phenoxy) is 1. The Hall–Kier alpha value is -3.02. The first kappa shape index (κ1) is 16.4. The monoisotopic (exact) mass is 325 g/mol. The van der Waals surface area contributed by atoms with Crippen LogP contribution in [0, 0.1) is 22.7 Å². The van der Waals surface area contributed by atoms with E-state index in [1.807, 2.05) is 12.1 Å². The van der Waals surface area contributed by atoms with Crippen LogP contribution < -0.4 is 10.1 Å². The number of carbonyl (C=O) groups excluding carboxylic acids is 1. The highest BCUT2D eigenvalue weighted by Gasteiger charge is 2.15. The van der Waals surface area contributed by atoms with Gasteiger partial charge in [-0.3, -0.25) is 4.79 Å². The summed E-state index contributed by atoms with van der Waals surface area (Å²) in [5, 5.41) is 20.6. The number of nitrogens with one attached hydrogen (secondary N) is 1. The van der Waals surface area contributed by atoms with Gasteiger partial charge in [-0.2, -0.15) is 10.5 Å². The number of rotatable bonds is 4. The standard InChI is InChI=1S/C17H12ClN3O2/c1-11(23-15-4-2-3-12(7-15)9-19)17(22)21-14-6-5-13(10-20)16(18)8-14/h2-8,11H,1H3,(H,21,22)/t11-/m1/s1. The first-order valence-electron chi connectivity index (χ1n) is 6.71. The molecule has 0 saturated heterocycles. The molecular formula is C17H12ClN3O2. The first-order valence-corrected chi connectivity index (χ1v) is 7.08. The van der Waals surface area contributed by atoms with Gasteiger partial charge in [0, 0.05) is 5.69 Å². The van der Waals surface area contributed by atoms with Crippen molar-refractivity contribution in [2.24, 2.45) is 0 Å². The Kier molecular flexibility index (Phi) is 5.19. The summed E-state index contributed by atoms with van der Waals surface area (Å²) in [6.07, 6.45) is -0.765. The predicted octanol–water partition coefficient (Wildman–Crippen LogP) is 3.49. The molecule has 1 atom stereocenters. The summed E-state index contributed by atoms with van der Waals surface area (Å²) in [6, 6.07) is 15.1. The molecule has 0 aliphatic heterocycles. The van der Waals surface area contributed by atoms with Crippen LogP contribution >= 0.6 is 11.6 Å². The van der Waals surface area contributed by atoms with Crippen molar-refractivity contribution in [3.8, 4) is 17.9 Å². The van der Waals surface area contributed by atoms with Crippen LogP contribution in [0.25, 0.3) is 0 Å². The van der Waals surface area contributed by atoms with Gasteiger partial charge in [0.15, 0.2) is 6.10 Å². The van der Waals surface area contributed by atoms with E-state index in [0.29, 0.717) is 22.6 Å². The maximum Gasteiger partial charge on any atom is 0.265 e. The number of hydrogen-bond acceptors (Lipinski definition) is 4. The van der Waals surface area contributed by atoms with E-state index in [0.717, 1.165) is 0 Å². The normalized spacial score (nSPS) is 11.0. The van der Waals surface area contributed by atoms with Crippen LogP contribution in [0.15, 0.2) is 42.5 Å². The maximum absolute atomic E-state index is 12.1. The molecule has 6 heteroatoms. The third-order valence-corrected chi connectivity index (χ3v) is 3.32. The van der Waals surface area contributed by atoms with E-state index in [1.54, 1.807) is 37.3 Å². The quantitative estimate of drug-likeness (QED) is 0.932. The molecule has 0 fully saturated rings. The summed E-state index contributed by atoms with van der Waals surface area (Å²) < 4.78 is 5.52. The fourth-order valence-electron chi connectivity index (χ4n) is 1.82. The van der Waals surface area contributed by atoms with Crippen LogP contribution in [-0.4, -0.2) is 12.0 Å². The SMILES string of the molecule is C[C@@H](Oc1cccc(C#N)c1)C(=O)Nc1ccc(C#N)c(Cl)c1. The molecule has 0 heterocycles. The maximum atomic E-state index is 12.1. The molecule has 0 radical (unpaired) electrons. The van der Waals surface area contributed by atoms with Gasteiger partial charge in [0.2, 0.25) is 0 Å². The minimum atomic E-state index is -0.765. The van der Waals surface area contributed by atoms with Crippen molar-refractivity contribution < 1.29 is 9.53 Å². The number of carbonyl (C=O) groups is 1. The van der Waals surface area contributed by atoms with Crippen molar-refractivity contribution in [3.05, 3.63) is 58.6 Å². The Morgan fingerprint density at radius 3 is 2.65 bits per heavy atom. The third-order valence-electron chi connectivity index (χ3n) is 3.00. The van der Waals surface area contributed by atoms with Crippen LogP contribution in [-0.2, 0) is 4.79 Å². The van der Waals surface area contributed by atoms with E-state index in [2.05, 4.69) is 5.32 Å². The minimum Gasteiger partial charge on any atom is -0.481 e. The summed E-state index contributed by atoms with van der Waals surface area (Å²) >= 11 is 5.92. The van der Waals surface area contributed by atoms with Gasteiger partial charge in [0.1, 0.15) is 11.8 Å². The number of hydrogen-bond donors (Lipinski definition) is 1. The highest BCUT2D eigenvalue weighted by Crippen LogP contribution is 2.21. The first-order chi connectivity index (χ1) is 11.0. The topological polar surface area (TPSA) is 85.9 Å². The van der Waals surface area contributed by atoms with Crippen LogP contribution in [0.2, 0.25) is 5.02 Å². The Bertz CT molecular complexity index is 821. The van der Waals surface area contributed by atoms with E-state index in [4.69, 9.17) is 26.9 Å². The summed E-state index contributed by atoms with van der Waals surface area (Å²) in [4.78, 5) is 12.1. The molecule has 0 unspecified atom stereocenters. The molecule has 5 nitrogen and oxygen atoms in total. The number of nitrogens with zero attached hydrogens (tertiary/aromatic N) is 2. The van der Waals surface area contributed by atoms with Gasteiger partial charge in [-0.15, -0.1) is 0 Å². The van der Waals surface area contributed by atoms with Crippen molar-refractivity contribution in [1.29, 1.82) is 10.5 Å². The molecule has 0 aliphatic rings. The molecule has 23 heavy (non-hydrogen) atoms. The Balaban J connectivity index is 2.04. The fourth-order valence-corrected chi connectivity index (χ4v) is 2.05. The number of anilines is 1. The summed E-state index contributed by atoms with van der Waals surface area (Å²) in [5.74, 6) is 0.0673. The number of amides is 1. The van der Waals surface area contributed by atoms with Gasteiger partial charge in [-0.05, 0) is 43.3 Å². The molecule has 114 valence electrons. The van der Waals surface area contributed by atoms with Crippen molar-refractivity contribution in [2.45, 2.75) is 13.0 Å². The zero-order valence-electron chi connectivity index (χ0n) is 12.2. The average Bonchev–Trinajstić information content (AvgIpc) is 2.55. The fraction of sp³-hybridized carbons (Fsp3) is 0.118. The predicted molar refractivity (Wildman–Crippen MR) is 86.0 cm³/mol. The van der Waals surface area contributed by atoms with Crippen molar-refractivity contribution >= 4 is 23.2 Å². The lowest BCUT2D eigenvalue weighted by Crippen LogP contribution is -2.30. The Labute approximate surface area is 138 Å². The molecule has 0 aromatic heterocycles.